The van der Waals surface area contributed by atoms with Crippen molar-refractivity contribution in [2.45, 2.75) is 58.4 Å². The Labute approximate surface area is 212 Å². The second-order valence-electron chi connectivity index (χ2n) is 9.83. The normalized spacial score (nSPS) is 21.3. The van der Waals surface area contributed by atoms with E-state index < -0.39 is 0 Å². The molecule has 1 saturated heterocycles. The van der Waals surface area contributed by atoms with Crippen molar-refractivity contribution in [2.24, 2.45) is 11.8 Å². The fourth-order valence-electron chi connectivity index (χ4n) is 4.93. The first-order valence-corrected chi connectivity index (χ1v) is 13.5. The van der Waals surface area contributed by atoms with Gasteiger partial charge in [0.05, 0.1) is 23.1 Å². The lowest BCUT2D eigenvalue weighted by Crippen LogP contribution is -2.36. The van der Waals surface area contributed by atoms with Crippen LogP contribution in [0.25, 0.3) is 0 Å². The molecule has 1 aromatic rings. The smallest absolute Gasteiger partial charge is 0.166 e. The van der Waals surface area contributed by atoms with Crippen LogP contribution < -0.4 is 16.0 Å². The van der Waals surface area contributed by atoms with Gasteiger partial charge in [-0.2, -0.15) is 0 Å². The number of hydrogen-bond acceptors (Lipinski definition) is 5. The molecule has 1 heterocycles. The Morgan fingerprint density at radius 2 is 2.03 bits per heavy atom. The maximum absolute atomic E-state index is 12.8. The Morgan fingerprint density at radius 3 is 2.71 bits per heavy atom. The third-order valence-corrected chi connectivity index (χ3v) is 7.65. The maximum atomic E-state index is 12.8. The van der Waals surface area contributed by atoms with E-state index in [0.29, 0.717) is 18.3 Å². The number of nitrogens with zero attached hydrogens (tertiary/aromatic N) is 1. The molecule has 3 N–H and O–H groups in total. The quantitative estimate of drug-likeness (QED) is 0.277. The number of nitrogens with two attached hydrogens (primary N) is 1. The molecule has 1 saturated carbocycles. The number of ether oxygens (including phenoxy) is 1. The molecule has 2 aliphatic carbocycles. The minimum absolute atomic E-state index is 0.170. The summed E-state index contributed by atoms with van der Waals surface area (Å²) in [6.07, 6.45) is 14.5. The number of anilines is 3. The number of hydrogen-bond donors (Lipinski definition) is 2. The topological polar surface area (TPSA) is 67.6 Å². The van der Waals surface area contributed by atoms with Crippen molar-refractivity contribution >= 4 is 38.8 Å². The minimum Gasteiger partial charge on any atom is -0.395 e. The molecule has 34 heavy (non-hydrogen) atoms. The van der Waals surface area contributed by atoms with Crippen molar-refractivity contribution < 1.29 is 9.53 Å². The summed E-state index contributed by atoms with van der Waals surface area (Å²) in [5.41, 5.74) is 11.5. The number of nitrogens with one attached hydrogen (secondary N) is 1. The van der Waals surface area contributed by atoms with Gasteiger partial charge in [-0.25, -0.2) is 0 Å². The van der Waals surface area contributed by atoms with Gasteiger partial charge >= 0.3 is 0 Å². The second-order valence-corrected chi connectivity index (χ2v) is 10.7. The van der Waals surface area contributed by atoms with E-state index in [1.807, 2.05) is 6.08 Å². The number of benzene rings is 1. The Bertz CT molecular complexity index is 974. The molecule has 3 aliphatic rings. The third kappa shape index (κ3) is 6.33. The largest absolute Gasteiger partial charge is 0.395 e. The first-order valence-electron chi connectivity index (χ1n) is 12.7. The number of allylic oxidation sites excluding steroid dienone is 4. The minimum atomic E-state index is 0.170. The first-order chi connectivity index (χ1) is 16.5. The molecule has 184 valence electrons. The molecule has 0 aromatic heterocycles. The van der Waals surface area contributed by atoms with Gasteiger partial charge in [-0.05, 0) is 69.9 Å². The van der Waals surface area contributed by atoms with Crippen LogP contribution in [0, 0.1) is 11.8 Å². The van der Waals surface area contributed by atoms with Gasteiger partial charge in [0.1, 0.15) is 0 Å². The van der Waals surface area contributed by atoms with Gasteiger partial charge in [0.2, 0.25) is 0 Å². The summed E-state index contributed by atoms with van der Waals surface area (Å²) < 4.78 is 6.50. The molecule has 5 nitrogen and oxygen atoms in total. The number of halogens is 1. The summed E-state index contributed by atoms with van der Waals surface area (Å²) in [5, 5.41) is 3.59. The molecule has 1 aromatic carbocycles. The van der Waals surface area contributed by atoms with E-state index in [2.05, 4.69) is 70.4 Å². The van der Waals surface area contributed by atoms with Crippen LogP contribution in [0.2, 0.25) is 0 Å². The van der Waals surface area contributed by atoms with Gasteiger partial charge < -0.3 is 20.7 Å². The standard InChI is InChI=1S/C28H38BrN3O2/c1-3-32(23-9-10-24(19(2)15-23)27(33)6-4-5-20-7-8-20)26-17-22(29)16-25(28(26)30)31-18-21-11-13-34-14-12-21/h4-5,9-10,16-17,20-21,23,31H,3,6-8,11-15,18,30H2,1-2H3/b5-4+. The number of rotatable bonds is 10. The van der Waals surface area contributed by atoms with E-state index in [1.54, 1.807) is 0 Å². The highest BCUT2D eigenvalue weighted by molar-refractivity contribution is 9.10. The number of likely N-dealkylation sites (N-methyl/N-ethyl adjacent to an activating group) is 1. The average molecular weight is 529 g/mol. The molecule has 0 spiro atoms. The zero-order chi connectivity index (χ0) is 24.1. The van der Waals surface area contributed by atoms with Crippen LogP contribution in [0.3, 0.4) is 0 Å². The van der Waals surface area contributed by atoms with Crippen molar-refractivity contribution in [3.05, 3.63) is 52.1 Å². The molecule has 1 unspecified atom stereocenters. The average Bonchev–Trinajstić information content (AvgIpc) is 3.65. The van der Waals surface area contributed by atoms with Crippen LogP contribution in [-0.4, -0.2) is 38.1 Å². The fraction of sp³-hybridized carbons (Fsp3) is 0.536. The molecule has 6 heteroatoms. The lowest BCUT2D eigenvalue weighted by molar-refractivity contribution is -0.114. The van der Waals surface area contributed by atoms with Gasteiger partial charge in [-0.15, -0.1) is 0 Å². The first kappa shape index (κ1) is 25.1. The van der Waals surface area contributed by atoms with Crippen LogP contribution in [-0.2, 0) is 9.53 Å². The Morgan fingerprint density at radius 1 is 1.26 bits per heavy atom. The van der Waals surface area contributed by atoms with E-state index in [0.717, 1.165) is 78.2 Å². The van der Waals surface area contributed by atoms with E-state index in [-0.39, 0.29) is 11.8 Å². The van der Waals surface area contributed by atoms with Crippen LogP contribution in [0.4, 0.5) is 17.1 Å². The predicted octanol–water partition coefficient (Wildman–Crippen LogP) is 6.27. The highest BCUT2D eigenvalue weighted by Gasteiger charge is 2.25. The van der Waals surface area contributed by atoms with Crippen LogP contribution in [0.1, 0.15) is 52.4 Å². The molecule has 1 atom stereocenters. The zero-order valence-electron chi connectivity index (χ0n) is 20.5. The zero-order valence-corrected chi connectivity index (χ0v) is 22.1. The summed E-state index contributed by atoms with van der Waals surface area (Å²) in [5.74, 6) is 1.54. The lowest BCUT2D eigenvalue weighted by atomic mass is 9.90. The highest BCUT2D eigenvalue weighted by Crippen LogP contribution is 2.38. The summed E-state index contributed by atoms with van der Waals surface area (Å²) >= 11 is 3.69. The number of Topliss-reactive ketones (excluding diaryl/α,β-unsaturated/α-hetero) is 1. The fourth-order valence-corrected chi connectivity index (χ4v) is 5.37. The Kier molecular flexibility index (Phi) is 8.54. The van der Waals surface area contributed by atoms with Gasteiger partial charge in [0, 0.05) is 42.8 Å². The van der Waals surface area contributed by atoms with Crippen molar-refractivity contribution in [3.63, 3.8) is 0 Å². The summed E-state index contributed by atoms with van der Waals surface area (Å²) in [6.45, 7) is 7.67. The maximum Gasteiger partial charge on any atom is 0.166 e. The van der Waals surface area contributed by atoms with Gasteiger partial charge in [0.15, 0.2) is 5.78 Å². The number of ketones is 1. The summed E-state index contributed by atoms with van der Waals surface area (Å²) in [6, 6.07) is 4.34. The van der Waals surface area contributed by atoms with Gasteiger partial charge in [0.25, 0.3) is 0 Å². The van der Waals surface area contributed by atoms with Crippen molar-refractivity contribution in [1.29, 1.82) is 0 Å². The summed E-state index contributed by atoms with van der Waals surface area (Å²) in [7, 11) is 0. The molecule has 0 radical (unpaired) electrons. The Hall–Kier alpha value is -2.05. The molecular weight excluding hydrogens is 490 g/mol. The van der Waals surface area contributed by atoms with Crippen molar-refractivity contribution in [2.75, 3.05) is 42.3 Å². The van der Waals surface area contributed by atoms with E-state index >= 15 is 0 Å². The second kappa shape index (κ2) is 11.6. The van der Waals surface area contributed by atoms with E-state index in [4.69, 9.17) is 10.5 Å². The number of nitrogen functional groups attached to an aromatic ring is 1. The molecule has 2 fully saturated rings. The van der Waals surface area contributed by atoms with Crippen molar-refractivity contribution in [3.8, 4) is 0 Å². The van der Waals surface area contributed by atoms with Crippen molar-refractivity contribution in [1.82, 2.24) is 0 Å². The molecule has 1 aliphatic heterocycles. The monoisotopic (exact) mass is 527 g/mol. The van der Waals surface area contributed by atoms with E-state index in [9.17, 15) is 4.79 Å². The molecule has 4 rings (SSSR count). The SMILES string of the molecule is CCN(c1cc(Br)cc(NCC2CCOCC2)c1N)C1C=CC(C(=O)C/C=C/C2CC2)=C(C)C1. The molecule has 0 bridgehead atoms. The highest BCUT2D eigenvalue weighted by atomic mass is 79.9. The number of carbonyl (C=O) groups is 1. The van der Waals surface area contributed by atoms with Crippen LogP contribution >= 0.6 is 15.9 Å². The number of carbonyl (C=O) groups excluding carboxylic acids is 1. The summed E-state index contributed by atoms with van der Waals surface area (Å²) in [4.78, 5) is 15.1. The Balaban J connectivity index is 1.45. The van der Waals surface area contributed by atoms with E-state index in [1.165, 1.54) is 12.8 Å². The van der Waals surface area contributed by atoms with Crippen LogP contribution in [0.5, 0.6) is 0 Å². The molecular formula is C28H38BrN3O2. The van der Waals surface area contributed by atoms with Crippen LogP contribution in [0.15, 0.2) is 52.1 Å². The van der Waals surface area contributed by atoms with Gasteiger partial charge in [-0.3, -0.25) is 4.79 Å². The lowest BCUT2D eigenvalue weighted by Gasteiger charge is -2.35. The third-order valence-electron chi connectivity index (χ3n) is 7.19. The van der Waals surface area contributed by atoms with Gasteiger partial charge in [-0.1, -0.05) is 45.8 Å². The predicted molar refractivity (Wildman–Crippen MR) is 145 cm³/mol. The molecule has 0 amide bonds.